The molecule has 0 unspecified atom stereocenters. The quantitative estimate of drug-likeness (QED) is 0.305. The molecule has 1 aliphatic rings. The van der Waals surface area contributed by atoms with Crippen LogP contribution in [0.4, 0.5) is 0 Å². The Kier molecular flexibility index (Phi) is 9.30. The van der Waals surface area contributed by atoms with Crippen molar-refractivity contribution in [2.24, 2.45) is 0 Å². The second-order valence-corrected chi connectivity index (χ2v) is 10.4. The number of piperazine rings is 1. The third-order valence-electron chi connectivity index (χ3n) is 7.08. The van der Waals surface area contributed by atoms with Gasteiger partial charge >= 0.3 is 0 Å². The van der Waals surface area contributed by atoms with E-state index < -0.39 is 0 Å². The van der Waals surface area contributed by atoms with Crippen LogP contribution in [-0.2, 0) is 4.79 Å². The molecule has 0 bridgehead atoms. The highest BCUT2D eigenvalue weighted by Gasteiger charge is 2.21. The number of rotatable bonds is 11. The Bertz CT molecular complexity index is 1120. The number of furan rings is 1. The van der Waals surface area contributed by atoms with Crippen LogP contribution in [0.25, 0.3) is 22.1 Å². The van der Waals surface area contributed by atoms with Crippen molar-refractivity contribution in [3.05, 3.63) is 53.8 Å². The normalized spacial score (nSPS) is 15.0. The molecule has 3 aromatic rings. The van der Waals surface area contributed by atoms with Crippen molar-refractivity contribution >= 4 is 28.5 Å². The summed E-state index contributed by atoms with van der Waals surface area (Å²) in [6.45, 7) is 10.5. The molecule has 36 heavy (non-hydrogen) atoms. The molecule has 1 saturated heterocycles. The Labute approximate surface area is 219 Å². The predicted molar refractivity (Wildman–Crippen MR) is 147 cm³/mol. The Balaban J connectivity index is 1.12. The number of hydrogen-bond acceptors (Lipinski definition) is 5. The number of nitrogens with zero attached hydrogens (tertiary/aromatic N) is 3. The summed E-state index contributed by atoms with van der Waals surface area (Å²) < 4.78 is 11.8. The molecular formula is C29H38ClN3O3. The van der Waals surface area contributed by atoms with E-state index in [1.54, 1.807) is 6.26 Å². The van der Waals surface area contributed by atoms with Crippen molar-refractivity contribution in [1.29, 1.82) is 0 Å². The molecule has 2 heterocycles. The average Bonchev–Trinajstić information content (AvgIpc) is 3.30. The highest BCUT2D eigenvalue weighted by molar-refractivity contribution is 6.30. The van der Waals surface area contributed by atoms with Crippen LogP contribution in [-0.4, -0.2) is 79.6 Å². The van der Waals surface area contributed by atoms with Crippen molar-refractivity contribution in [2.75, 3.05) is 52.9 Å². The molecule has 1 fully saturated rings. The van der Waals surface area contributed by atoms with Gasteiger partial charge in [0.2, 0.25) is 5.91 Å². The van der Waals surface area contributed by atoms with Gasteiger partial charge in [0, 0.05) is 61.3 Å². The number of amides is 1. The van der Waals surface area contributed by atoms with Crippen LogP contribution in [0.1, 0.15) is 33.1 Å². The second-order valence-electron chi connectivity index (χ2n) is 9.94. The van der Waals surface area contributed by atoms with Crippen molar-refractivity contribution in [3.63, 3.8) is 0 Å². The number of fused-ring (bicyclic) bond motifs is 1. The number of carbonyl (C=O) groups excluding carboxylic acids is 1. The number of unbranched alkanes of at least 4 members (excludes halogenated alkanes) is 2. The molecule has 0 saturated carbocycles. The number of halogens is 1. The van der Waals surface area contributed by atoms with Crippen LogP contribution in [0.2, 0.25) is 5.02 Å². The summed E-state index contributed by atoms with van der Waals surface area (Å²) in [6, 6.07) is 14.1. The number of hydrogen-bond donors (Lipinski definition) is 0. The molecular weight excluding hydrogens is 474 g/mol. The highest BCUT2D eigenvalue weighted by Crippen LogP contribution is 2.33. The van der Waals surface area contributed by atoms with E-state index in [4.69, 9.17) is 20.8 Å². The van der Waals surface area contributed by atoms with E-state index in [1.165, 1.54) is 6.42 Å². The van der Waals surface area contributed by atoms with Gasteiger partial charge in [0.05, 0.1) is 19.4 Å². The van der Waals surface area contributed by atoms with Gasteiger partial charge in [-0.05, 0) is 69.5 Å². The molecule has 7 heteroatoms. The van der Waals surface area contributed by atoms with E-state index in [-0.39, 0.29) is 11.9 Å². The van der Waals surface area contributed by atoms with Gasteiger partial charge in [-0.25, -0.2) is 0 Å². The first kappa shape index (κ1) is 26.5. The highest BCUT2D eigenvalue weighted by atomic mass is 35.5. The van der Waals surface area contributed by atoms with Crippen LogP contribution in [0.5, 0.6) is 5.75 Å². The molecule has 194 valence electrons. The Morgan fingerprint density at radius 3 is 2.47 bits per heavy atom. The lowest BCUT2D eigenvalue weighted by Crippen LogP contribution is -2.50. The third kappa shape index (κ3) is 7.02. The number of carbonyl (C=O) groups is 1. The van der Waals surface area contributed by atoms with Crippen LogP contribution < -0.4 is 4.74 Å². The lowest BCUT2D eigenvalue weighted by Gasteiger charge is -2.35. The van der Waals surface area contributed by atoms with Gasteiger partial charge < -0.3 is 19.0 Å². The molecule has 4 rings (SSSR count). The summed E-state index contributed by atoms with van der Waals surface area (Å²) in [5, 5.41) is 1.80. The first-order chi connectivity index (χ1) is 17.4. The molecule has 1 aromatic heterocycles. The minimum atomic E-state index is 0.214. The number of benzene rings is 2. The van der Waals surface area contributed by atoms with Crippen molar-refractivity contribution in [3.8, 4) is 16.9 Å². The van der Waals surface area contributed by atoms with Crippen LogP contribution in [0, 0.1) is 0 Å². The Hall–Kier alpha value is -2.54. The summed E-state index contributed by atoms with van der Waals surface area (Å²) in [5.74, 6) is 1.06. The topological polar surface area (TPSA) is 49.2 Å². The minimum absolute atomic E-state index is 0.214. The molecule has 1 aliphatic heterocycles. The molecule has 0 atom stereocenters. The van der Waals surface area contributed by atoms with Gasteiger partial charge in [0.25, 0.3) is 0 Å². The van der Waals surface area contributed by atoms with Crippen molar-refractivity contribution in [2.45, 2.75) is 39.2 Å². The first-order valence-electron chi connectivity index (χ1n) is 13.0. The van der Waals surface area contributed by atoms with E-state index in [2.05, 4.69) is 29.7 Å². The summed E-state index contributed by atoms with van der Waals surface area (Å²) in [5.41, 5.74) is 2.97. The lowest BCUT2D eigenvalue weighted by molar-refractivity contribution is -0.133. The number of likely N-dealkylation sites (N-methyl/N-ethyl adjacent to an activating group) is 1. The molecule has 0 N–H and O–H groups in total. The minimum Gasteiger partial charge on any atom is -0.493 e. The fourth-order valence-electron chi connectivity index (χ4n) is 4.52. The maximum Gasteiger partial charge on any atom is 0.236 e. The summed E-state index contributed by atoms with van der Waals surface area (Å²) >= 11 is 6.01. The molecule has 6 nitrogen and oxygen atoms in total. The van der Waals surface area contributed by atoms with Crippen molar-refractivity contribution in [1.82, 2.24) is 14.7 Å². The van der Waals surface area contributed by atoms with E-state index in [0.29, 0.717) is 13.2 Å². The average molecular weight is 512 g/mol. The third-order valence-corrected chi connectivity index (χ3v) is 7.33. The zero-order valence-electron chi connectivity index (χ0n) is 21.7. The Morgan fingerprint density at radius 2 is 1.75 bits per heavy atom. The Morgan fingerprint density at radius 1 is 1.03 bits per heavy atom. The van der Waals surface area contributed by atoms with Gasteiger partial charge in [-0.2, -0.15) is 0 Å². The van der Waals surface area contributed by atoms with Gasteiger partial charge in [-0.1, -0.05) is 23.7 Å². The fourth-order valence-corrected chi connectivity index (χ4v) is 4.64. The smallest absolute Gasteiger partial charge is 0.236 e. The zero-order chi connectivity index (χ0) is 25.5. The number of ether oxygens (including phenoxy) is 1. The van der Waals surface area contributed by atoms with E-state index in [9.17, 15) is 4.79 Å². The molecule has 2 aromatic carbocycles. The van der Waals surface area contributed by atoms with Gasteiger partial charge in [0.15, 0.2) is 0 Å². The maximum atomic E-state index is 12.3. The lowest BCUT2D eigenvalue weighted by atomic mass is 10.0. The van der Waals surface area contributed by atoms with E-state index in [1.807, 2.05) is 48.3 Å². The summed E-state index contributed by atoms with van der Waals surface area (Å²) in [6.07, 6.45) is 5.13. The zero-order valence-corrected chi connectivity index (χ0v) is 22.5. The largest absolute Gasteiger partial charge is 0.493 e. The van der Waals surface area contributed by atoms with Crippen LogP contribution in [0.15, 0.2) is 53.1 Å². The summed E-state index contributed by atoms with van der Waals surface area (Å²) in [4.78, 5) is 18.9. The molecule has 0 aliphatic carbocycles. The monoisotopic (exact) mass is 511 g/mol. The second kappa shape index (κ2) is 12.6. The van der Waals surface area contributed by atoms with Gasteiger partial charge in [-0.3, -0.25) is 9.69 Å². The van der Waals surface area contributed by atoms with Crippen LogP contribution >= 0.6 is 11.6 Å². The SMILES string of the molecule is CC(C)N(C)C(=O)CN1CCN(CCCCCOc2ccc3c(-c4ccc(Cl)cc4)coc3c2)CC1. The molecule has 1 amide bonds. The standard InChI is InChI=1S/C29H38ClN3O3/c1-22(2)31(3)29(34)20-33-16-14-32(15-17-33)13-5-4-6-18-35-25-11-12-26-27(21-36-28(26)19-25)23-7-9-24(30)10-8-23/h7-12,19,21-22H,4-6,13-18,20H2,1-3H3. The maximum absolute atomic E-state index is 12.3. The van der Waals surface area contributed by atoms with Crippen molar-refractivity contribution < 1.29 is 13.9 Å². The van der Waals surface area contributed by atoms with Gasteiger partial charge in [-0.15, -0.1) is 0 Å². The summed E-state index contributed by atoms with van der Waals surface area (Å²) in [7, 11) is 1.89. The molecule has 0 radical (unpaired) electrons. The van der Waals surface area contributed by atoms with E-state index >= 15 is 0 Å². The predicted octanol–water partition coefficient (Wildman–Crippen LogP) is 5.79. The van der Waals surface area contributed by atoms with E-state index in [0.717, 1.165) is 78.4 Å². The first-order valence-corrected chi connectivity index (χ1v) is 13.4. The molecule has 0 spiro atoms. The fraction of sp³-hybridized carbons (Fsp3) is 0.483. The van der Waals surface area contributed by atoms with Crippen LogP contribution in [0.3, 0.4) is 0 Å². The van der Waals surface area contributed by atoms with Gasteiger partial charge in [0.1, 0.15) is 11.3 Å².